The average molecular weight is 246 g/mol. The summed E-state index contributed by atoms with van der Waals surface area (Å²) in [6.45, 7) is 1.30. The van der Waals surface area contributed by atoms with Crippen molar-refractivity contribution < 1.29 is 34.1 Å². The average Bonchev–Trinajstić information content (AvgIpc) is 2.24. The molecule has 0 aromatic heterocycles. The fourth-order valence-corrected chi connectivity index (χ4v) is 0.932. The minimum absolute atomic E-state index is 0.00560. The third-order valence-corrected chi connectivity index (χ3v) is 1.90. The van der Waals surface area contributed by atoms with Crippen LogP contribution in [-0.2, 0) is 23.9 Å². The van der Waals surface area contributed by atoms with E-state index < -0.39 is 29.9 Å². The van der Waals surface area contributed by atoms with Crippen LogP contribution < -0.4 is 0 Å². The molecule has 96 valence electrons. The first-order valence-corrected chi connectivity index (χ1v) is 4.71. The fraction of sp³-hybridized carbons (Fsp3) is 0.500. The van der Waals surface area contributed by atoms with Crippen LogP contribution in [-0.4, -0.2) is 48.4 Å². The van der Waals surface area contributed by atoms with E-state index in [-0.39, 0.29) is 18.8 Å². The number of carbonyl (C=O) groups is 3. The molecular formula is C10H14O7. The van der Waals surface area contributed by atoms with Crippen molar-refractivity contribution in [2.24, 2.45) is 0 Å². The molecule has 0 saturated carbocycles. The molecule has 0 bridgehead atoms. The molecule has 2 N–H and O–H groups in total. The van der Waals surface area contributed by atoms with Crippen LogP contribution >= 0.6 is 0 Å². The topological polar surface area (TPSA) is 110 Å². The molecule has 0 aromatic rings. The van der Waals surface area contributed by atoms with Crippen LogP contribution in [0.5, 0.6) is 0 Å². The molecular weight excluding hydrogens is 232 g/mol. The van der Waals surface area contributed by atoms with E-state index in [0.717, 1.165) is 6.92 Å². The smallest absolute Gasteiger partial charge is 0.332 e. The van der Waals surface area contributed by atoms with Gasteiger partial charge in [0.05, 0.1) is 18.6 Å². The Hall–Kier alpha value is -1.89. The van der Waals surface area contributed by atoms with Crippen LogP contribution in [0.4, 0.5) is 0 Å². The zero-order valence-electron chi connectivity index (χ0n) is 9.56. The van der Waals surface area contributed by atoms with Crippen LogP contribution in [0.2, 0.25) is 0 Å². The van der Waals surface area contributed by atoms with Crippen molar-refractivity contribution in [3.05, 3.63) is 11.1 Å². The normalized spacial score (nSPS) is 11.6. The number of aliphatic carboxylic acids is 2. The lowest BCUT2D eigenvalue weighted by Crippen LogP contribution is -2.16. The maximum absolute atomic E-state index is 11.2. The molecule has 0 atom stereocenters. The predicted octanol–water partition coefficient (Wildman–Crippen LogP) is 0.0518. The van der Waals surface area contributed by atoms with Gasteiger partial charge in [-0.3, -0.25) is 4.79 Å². The number of methoxy groups -OCH3 is 1. The number of ether oxygens (including phenoxy) is 2. The summed E-state index contributed by atoms with van der Waals surface area (Å²) in [7, 11) is 1.42. The highest BCUT2D eigenvalue weighted by Crippen LogP contribution is 2.10. The number of hydrogen-bond donors (Lipinski definition) is 2. The second-order valence-corrected chi connectivity index (χ2v) is 3.10. The van der Waals surface area contributed by atoms with Crippen LogP contribution in [0.15, 0.2) is 11.1 Å². The van der Waals surface area contributed by atoms with Gasteiger partial charge < -0.3 is 19.7 Å². The Morgan fingerprint density at radius 2 is 1.65 bits per heavy atom. The standard InChI is InChI=1S/C10H14O7/c1-6(9(12)13)7(10(14)15)5-8(11)17-4-3-16-2/h3-5H2,1-2H3,(H,12,13)(H,14,15)/b7-6+. The van der Waals surface area contributed by atoms with Gasteiger partial charge in [-0.2, -0.15) is 0 Å². The van der Waals surface area contributed by atoms with Crippen molar-refractivity contribution in [1.82, 2.24) is 0 Å². The highest BCUT2D eigenvalue weighted by molar-refractivity contribution is 6.01. The largest absolute Gasteiger partial charge is 0.478 e. The molecule has 17 heavy (non-hydrogen) atoms. The molecule has 0 heterocycles. The summed E-state index contributed by atoms with van der Waals surface area (Å²) < 4.78 is 9.27. The molecule has 7 heteroatoms. The maximum Gasteiger partial charge on any atom is 0.332 e. The second-order valence-electron chi connectivity index (χ2n) is 3.10. The molecule has 0 amide bonds. The Balaban J connectivity index is 4.58. The second kappa shape index (κ2) is 7.39. The Morgan fingerprint density at radius 1 is 1.06 bits per heavy atom. The first kappa shape index (κ1) is 15.1. The van der Waals surface area contributed by atoms with Crippen molar-refractivity contribution in [2.75, 3.05) is 20.3 Å². The van der Waals surface area contributed by atoms with Crippen molar-refractivity contribution in [3.63, 3.8) is 0 Å². The van der Waals surface area contributed by atoms with E-state index in [2.05, 4.69) is 9.47 Å². The van der Waals surface area contributed by atoms with Gasteiger partial charge in [-0.05, 0) is 6.92 Å². The lowest BCUT2D eigenvalue weighted by Gasteiger charge is -2.06. The quantitative estimate of drug-likeness (QED) is 0.371. The number of carbonyl (C=O) groups excluding carboxylic acids is 1. The third kappa shape index (κ3) is 5.67. The Bertz CT molecular complexity index is 343. The molecule has 0 unspecified atom stereocenters. The molecule has 0 rings (SSSR count). The minimum atomic E-state index is -1.45. The third-order valence-electron chi connectivity index (χ3n) is 1.90. The molecule has 0 aliphatic heterocycles. The van der Waals surface area contributed by atoms with Gasteiger partial charge in [-0.15, -0.1) is 0 Å². The summed E-state index contributed by atoms with van der Waals surface area (Å²) in [5.41, 5.74) is -0.874. The molecule has 0 saturated heterocycles. The molecule has 0 aromatic carbocycles. The van der Waals surface area contributed by atoms with Gasteiger partial charge in [0.2, 0.25) is 0 Å². The summed E-state index contributed by atoms with van der Waals surface area (Å²) in [5, 5.41) is 17.4. The zero-order chi connectivity index (χ0) is 13.4. The monoisotopic (exact) mass is 246 g/mol. The van der Waals surface area contributed by atoms with Gasteiger partial charge in [-0.25, -0.2) is 9.59 Å². The van der Waals surface area contributed by atoms with E-state index in [0.29, 0.717) is 0 Å². The number of carboxylic acid groups (broad SMARTS) is 2. The lowest BCUT2D eigenvalue weighted by molar-refractivity contribution is -0.146. The van der Waals surface area contributed by atoms with E-state index >= 15 is 0 Å². The van der Waals surface area contributed by atoms with Crippen LogP contribution in [0, 0.1) is 0 Å². The van der Waals surface area contributed by atoms with Gasteiger partial charge in [0.15, 0.2) is 0 Å². The number of hydrogen-bond acceptors (Lipinski definition) is 5. The van der Waals surface area contributed by atoms with Crippen molar-refractivity contribution >= 4 is 17.9 Å². The van der Waals surface area contributed by atoms with Crippen molar-refractivity contribution in [1.29, 1.82) is 0 Å². The number of rotatable bonds is 7. The van der Waals surface area contributed by atoms with Crippen molar-refractivity contribution in [3.8, 4) is 0 Å². The predicted molar refractivity (Wildman–Crippen MR) is 55.4 cm³/mol. The van der Waals surface area contributed by atoms with Gasteiger partial charge in [-0.1, -0.05) is 0 Å². The van der Waals surface area contributed by atoms with E-state index in [1.807, 2.05) is 0 Å². The van der Waals surface area contributed by atoms with Crippen molar-refractivity contribution in [2.45, 2.75) is 13.3 Å². The SMILES string of the molecule is COCCOC(=O)C/C(C(=O)O)=C(/C)C(=O)O. The highest BCUT2D eigenvalue weighted by atomic mass is 16.6. The molecule has 0 fully saturated rings. The fourth-order valence-electron chi connectivity index (χ4n) is 0.932. The minimum Gasteiger partial charge on any atom is -0.478 e. The van der Waals surface area contributed by atoms with E-state index in [4.69, 9.17) is 10.2 Å². The summed E-state index contributed by atoms with van der Waals surface area (Å²) in [6, 6.07) is 0. The molecule has 0 aliphatic rings. The summed E-state index contributed by atoms with van der Waals surface area (Å²) in [6.07, 6.45) is -0.586. The van der Waals surface area contributed by atoms with E-state index in [1.54, 1.807) is 0 Å². The van der Waals surface area contributed by atoms with E-state index in [1.165, 1.54) is 7.11 Å². The molecule has 0 aliphatic carbocycles. The highest BCUT2D eigenvalue weighted by Gasteiger charge is 2.20. The lowest BCUT2D eigenvalue weighted by atomic mass is 10.1. The van der Waals surface area contributed by atoms with Gasteiger partial charge >= 0.3 is 17.9 Å². The van der Waals surface area contributed by atoms with E-state index in [9.17, 15) is 14.4 Å². The van der Waals surface area contributed by atoms with Crippen LogP contribution in [0.3, 0.4) is 0 Å². The summed E-state index contributed by atoms with van der Waals surface area (Å²) in [4.78, 5) is 32.5. The summed E-state index contributed by atoms with van der Waals surface area (Å²) >= 11 is 0. The first-order chi connectivity index (χ1) is 7.90. The van der Waals surface area contributed by atoms with Gasteiger partial charge in [0, 0.05) is 12.7 Å². The Labute approximate surface area is 97.6 Å². The van der Waals surface area contributed by atoms with Crippen LogP contribution in [0.25, 0.3) is 0 Å². The van der Waals surface area contributed by atoms with Gasteiger partial charge in [0.1, 0.15) is 6.61 Å². The number of esters is 1. The molecule has 7 nitrogen and oxygen atoms in total. The first-order valence-electron chi connectivity index (χ1n) is 4.71. The van der Waals surface area contributed by atoms with Gasteiger partial charge in [0.25, 0.3) is 0 Å². The Morgan fingerprint density at radius 3 is 2.06 bits per heavy atom. The summed E-state index contributed by atoms with van der Waals surface area (Å²) in [5.74, 6) is -3.64. The maximum atomic E-state index is 11.2. The zero-order valence-corrected chi connectivity index (χ0v) is 9.56. The number of carboxylic acids is 2. The Kier molecular flexibility index (Phi) is 6.57. The van der Waals surface area contributed by atoms with Crippen LogP contribution in [0.1, 0.15) is 13.3 Å². The molecule has 0 radical (unpaired) electrons. The molecule has 0 spiro atoms.